The van der Waals surface area contributed by atoms with E-state index in [4.69, 9.17) is 0 Å². The van der Waals surface area contributed by atoms with Gasteiger partial charge in [-0.15, -0.1) is 0 Å². The van der Waals surface area contributed by atoms with Crippen LogP contribution in [0.1, 0.15) is 36.8 Å². The lowest BCUT2D eigenvalue weighted by Crippen LogP contribution is -2.25. The van der Waals surface area contributed by atoms with Crippen molar-refractivity contribution in [1.29, 1.82) is 0 Å². The predicted molar refractivity (Wildman–Crippen MR) is 85.0 cm³/mol. The van der Waals surface area contributed by atoms with E-state index in [1.165, 1.54) is 0 Å². The predicted octanol–water partition coefficient (Wildman–Crippen LogP) is 2.23. The molecule has 6 nitrogen and oxygen atoms in total. The van der Waals surface area contributed by atoms with Gasteiger partial charge in [0.1, 0.15) is 6.33 Å². The Bertz CT molecular complexity index is 893. The van der Waals surface area contributed by atoms with Gasteiger partial charge in [0.05, 0.1) is 17.1 Å². The van der Waals surface area contributed by atoms with Crippen molar-refractivity contribution in [3.63, 3.8) is 0 Å². The summed E-state index contributed by atoms with van der Waals surface area (Å²) < 4.78 is 3.61. The first-order chi connectivity index (χ1) is 10.5. The van der Waals surface area contributed by atoms with E-state index in [9.17, 15) is 4.79 Å². The third-order valence-electron chi connectivity index (χ3n) is 4.13. The average Bonchev–Trinajstić information content (AvgIpc) is 2.81. The second-order valence-corrected chi connectivity index (χ2v) is 5.41. The largest absolute Gasteiger partial charge is 0.291 e. The van der Waals surface area contributed by atoms with E-state index >= 15 is 0 Å². The maximum atomic E-state index is 12.7. The molecule has 3 heterocycles. The highest BCUT2D eigenvalue weighted by molar-refractivity contribution is 5.72. The molecule has 3 aromatic rings. The lowest BCUT2D eigenvalue weighted by molar-refractivity contribution is 0.595. The topological polar surface area (TPSA) is 65.6 Å². The van der Waals surface area contributed by atoms with E-state index in [0.717, 1.165) is 23.5 Å². The van der Waals surface area contributed by atoms with E-state index in [1.807, 2.05) is 25.5 Å². The second kappa shape index (κ2) is 5.36. The molecular weight excluding hydrogens is 278 g/mol. The maximum absolute atomic E-state index is 12.7. The van der Waals surface area contributed by atoms with Crippen LogP contribution in [0.5, 0.6) is 0 Å². The van der Waals surface area contributed by atoms with Gasteiger partial charge < -0.3 is 0 Å². The van der Waals surface area contributed by atoms with E-state index < -0.39 is 0 Å². The molecule has 6 heteroatoms. The van der Waals surface area contributed by atoms with Crippen LogP contribution >= 0.6 is 0 Å². The van der Waals surface area contributed by atoms with Gasteiger partial charge in [-0.25, -0.2) is 9.97 Å². The van der Waals surface area contributed by atoms with Crippen LogP contribution in [0.25, 0.3) is 11.0 Å². The van der Waals surface area contributed by atoms with Gasteiger partial charge in [0.25, 0.3) is 5.56 Å². The van der Waals surface area contributed by atoms with Gasteiger partial charge in [-0.05, 0) is 39.8 Å². The fourth-order valence-corrected chi connectivity index (χ4v) is 3.01. The number of hydrogen-bond donors (Lipinski definition) is 0. The quantitative estimate of drug-likeness (QED) is 0.743. The number of aromatic nitrogens is 5. The highest BCUT2D eigenvalue weighted by Gasteiger charge is 2.20. The zero-order valence-electron chi connectivity index (χ0n) is 13.2. The summed E-state index contributed by atoms with van der Waals surface area (Å²) in [5, 5.41) is 5.07. The lowest BCUT2D eigenvalue weighted by Gasteiger charge is -2.16. The standard InChI is InChI=1S/C16H19N5O/c1-5-21-12(4)14(10(2)19-21)11(3)20-9-18-15-13(16(20)22)7-6-8-17-15/h6-9,11H,5H2,1-4H3/t11-/m0/s1. The number of nitrogens with zero attached hydrogens (tertiary/aromatic N) is 5. The van der Waals surface area contributed by atoms with Crippen molar-refractivity contribution in [3.8, 4) is 0 Å². The zero-order valence-corrected chi connectivity index (χ0v) is 13.2. The minimum absolute atomic E-state index is 0.0753. The molecule has 22 heavy (non-hydrogen) atoms. The third-order valence-corrected chi connectivity index (χ3v) is 4.13. The maximum Gasteiger partial charge on any atom is 0.263 e. The summed E-state index contributed by atoms with van der Waals surface area (Å²) in [7, 11) is 0. The molecule has 0 fully saturated rings. The summed E-state index contributed by atoms with van der Waals surface area (Å²) in [5.41, 5.74) is 3.52. The molecule has 114 valence electrons. The van der Waals surface area contributed by atoms with Gasteiger partial charge in [-0.2, -0.15) is 5.10 Å². The fourth-order valence-electron chi connectivity index (χ4n) is 3.01. The van der Waals surface area contributed by atoms with Crippen LogP contribution < -0.4 is 5.56 Å². The van der Waals surface area contributed by atoms with Crippen molar-refractivity contribution in [2.75, 3.05) is 0 Å². The summed E-state index contributed by atoms with van der Waals surface area (Å²) in [6.45, 7) is 8.89. The number of pyridine rings is 1. The van der Waals surface area contributed by atoms with Crippen LogP contribution in [0.2, 0.25) is 0 Å². The van der Waals surface area contributed by atoms with Crippen molar-refractivity contribution >= 4 is 11.0 Å². The van der Waals surface area contributed by atoms with Crippen LogP contribution in [-0.2, 0) is 6.54 Å². The van der Waals surface area contributed by atoms with Gasteiger partial charge in [0.15, 0.2) is 5.65 Å². The molecule has 0 aromatic carbocycles. The van der Waals surface area contributed by atoms with Crippen molar-refractivity contribution in [1.82, 2.24) is 24.3 Å². The van der Waals surface area contributed by atoms with Crippen LogP contribution in [0.4, 0.5) is 0 Å². The molecule has 3 aromatic heterocycles. The van der Waals surface area contributed by atoms with Crippen molar-refractivity contribution in [3.05, 3.63) is 52.0 Å². The molecular formula is C16H19N5O. The minimum atomic E-state index is -0.120. The van der Waals surface area contributed by atoms with Gasteiger partial charge in [-0.1, -0.05) is 0 Å². The Morgan fingerprint density at radius 1 is 1.27 bits per heavy atom. The van der Waals surface area contributed by atoms with Crippen LogP contribution in [0, 0.1) is 13.8 Å². The number of aryl methyl sites for hydroxylation is 2. The Hall–Kier alpha value is -2.50. The molecule has 0 unspecified atom stereocenters. The molecule has 0 aliphatic heterocycles. The second-order valence-electron chi connectivity index (χ2n) is 5.41. The highest BCUT2D eigenvalue weighted by Crippen LogP contribution is 2.24. The normalized spacial score (nSPS) is 12.7. The van der Waals surface area contributed by atoms with Gasteiger partial charge in [0, 0.05) is 24.0 Å². The Labute approximate surface area is 128 Å². The molecule has 0 bridgehead atoms. The number of rotatable bonds is 3. The average molecular weight is 297 g/mol. The van der Waals surface area contributed by atoms with Crippen LogP contribution in [-0.4, -0.2) is 24.3 Å². The summed E-state index contributed by atoms with van der Waals surface area (Å²) in [5.74, 6) is 0. The van der Waals surface area contributed by atoms with E-state index in [-0.39, 0.29) is 11.6 Å². The lowest BCUT2D eigenvalue weighted by atomic mass is 10.1. The third kappa shape index (κ3) is 2.11. The Morgan fingerprint density at radius 2 is 2.05 bits per heavy atom. The van der Waals surface area contributed by atoms with Crippen molar-refractivity contribution < 1.29 is 0 Å². The molecule has 1 atom stereocenters. The number of hydrogen-bond acceptors (Lipinski definition) is 4. The van der Waals surface area contributed by atoms with Crippen LogP contribution in [0.3, 0.4) is 0 Å². The van der Waals surface area contributed by atoms with E-state index in [2.05, 4.69) is 22.0 Å². The first-order valence-electron chi connectivity index (χ1n) is 7.40. The Morgan fingerprint density at radius 3 is 2.73 bits per heavy atom. The molecule has 0 aliphatic rings. The molecule has 0 saturated carbocycles. The summed E-state index contributed by atoms with van der Waals surface area (Å²) in [6.07, 6.45) is 3.21. The Kier molecular flexibility index (Phi) is 3.52. The summed E-state index contributed by atoms with van der Waals surface area (Å²) in [4.78, 5) is 21.1. The highest BCUT2D eigenvalue weighted by atomic mass is 16.1. The van der Waals surface area contributed by atoms with Crippen LogP contribution in [0.15, 0.2) is 29.5 Å². The molecule has 3 rings (SSSR count). The molecule has 0 radical (unpaired) electrons. The Balaban J connectivity index is 2.18. The summed E-state index contributed by atoms with van der Waals surface area (Å²) >= 11 is 0. The van der Waals surface area contributed by atoms with Crippen molar-refractivity contribution in [2.45, 2.75) is 40.3 Å². The minimum Gasteiger partial charge on any atom is -0.291 e. The fraction of sp³-hybridized carbons (Fsp3) is 0.375. The van der Waals surface area contributed by atoms with E-state index in [1.54, 1.807) is 29.2 Å². The molecule has 0 amide bonds. The molecule has 0 spiro atoms. The first kappa shape index (κ1) is 14.4. The SMILES string of the molecule is CCn1nc(C)c([C@H](C)n2cnc3ncccc3c2=O)c1C. The first-order valence-corrected chi connectivity index (χ1v) is 7.40. The van der Waals surface area contributed by atoms with Crippen molar-refractivity contribution in [2.24, 2.45) is 0 Å². The summed E-state index contributed by atoms with van der Waals surface area (Å²) in [6, 6.07) is 3.40. The molecule has 0 N–H and O–H groups in total. The zero-order chi connectivity index (χ0) is 15.9. The van der Waals surface area contributed by atoms with E-state index in [0.29, 0.717) is 11.0 Å². The van der Waals surface area contributed by atoms with Gasteiger partial charge >= 0.3 is 0 Å². The molecule has 0 aliphatic carbocycles. The smallest absolute Gasteiger partial charge is 0.263 e. The number of fused-ring (bicyclic) bond motifs is 1. The van der Waals surface area contributed by atoms with Gasteiger partial charge in [0.2, 0.25) is 0 Å². The monoisotopic (exact) mass is 297 g/mol. The van der Waals surface area contributed by atoms with Gasteiger partial charge in [-0.3, -0.25) is 14.0 Å². The molecule has 0 saturated heterocycles.